The first-order valence-electron chi connectivity index (χ1n) is 12.5. The summed E-state index contributed by atoms with van der Waals surface area (Å²) in [6.45, 7) is 2.50. The second-order valence-corrected chi connectivity index (χ2v) is 9.01. The summed E-state index contributed by atoms with van der Waals surface area (Å²) in [5.74, 6) is -0.678. The van der Waals surface area contributed by atoms with Crippen molar-refractivity contribution in [3.63, 3.8) is 0 Å². The van der Waals surface area contributed by atoms with Crippen LogP contribution >= 0.6 is 0 Å². The first-order chi connectivity index (χ1) is 18.0. The van der Waals surface area contributed by atoms with Crippen molar-refractivity contribution >= 4 is 17.6 Å². The molecule has 4 rings (SSSR count). The van der Waals surface area contributed by atoms with Crippen molar-refractivity contribution in [2.75, 3.05) is 11.9 Å². The van der Waals surface area contributed by atoms with Gasteiger partial charge in [0.05, 0.1) is 18.1 Å². The van der Waals surface area contributed by atoms with Crippen molar-refractivity contribution in [1.29, 1.82) is 0 Å². The van der Waals surface area contributed by atoms with E-state index in [9.17, 15) is 14.7 Å². The van der Waals surface area contributed by atoms with Gasteiger partial charge in [-0.1, -0.05) is 78.9 Å². The predicted molar refractivity (Wildman–Crippen MR) is 146 cm³/mol. The number of hydrogen-bond donors (Lipinski definition) is 2. The van der Waals surface area contributed by atoms with Crippen LogP contribution in [0.2, 0.25) is 0 Å². The van der Waals surface area contributed by atoms with E-state index in [1.54, 1.807) is 18.2 Å². The summed E-state index contributed by atoms with van der Waals surface area (Å²) in [5, 5.41) is 12.5. The van der Waals surface area contributed by atoms with E-state index in [1.165, 1.54) is 5.56 Å². The molecular weight excluding hydrogens is 462 g/mol. The van der Waals surface area contributed by atoms with Gasteiger partial charge >= 0.3 is 5.97 Å². The lowest BCUT2D eigenvalue weighted by Gasteiger charge is -2.16. The standard InChI is InChI=1S/C32H31NO4/c1-23(25-17-19-28(20-18-25)37-21-9-12-24-10-3-2-4-11-24)31(34)33-30-16-8-6-14-27(30)22-26-13-5-7-15-29(26)32(35)36/h2-8,10-11,13-20,23H,9,12,21-22H2,1H3,(H,33,34)(H,35,36). The van der Waals surface area contributed by atoms with Crippen molar-refractivity contribution in [2.24, 2.45) is 0 Å². The van der Waals surface area contributed by atoms with Crippen molar-refractivity contribution in [3.05, 3.63) is 131 Å². The zero-order valence-corrected chi connectivity index (χ0v) is 20.9. The molecule has 1 unspecified atom stereocenters. The maximum Gasteiger partial charge on any atom is 0.335 e. The number of benzene rings is 4. The number of aryl methyl sites for hydroxylation is 1. The number of aromatic carboxylic acids is 1. The lowest BCUT2D eigenvalue weighted by molar-refractivity contribution is -0.117. The lowest BCUT2D eigenvalue weighted by atomic mass is 9.97. The van der Waals surface area contributed by atoms with Gasteiger partial charge in [-0.05, 0) is 66.3 Å². The minimum absolute atomic E-state index is 0.129. The summed E-state index contributed by atoms with van der Waals surface area (Å²) < 4.78 is 5.88. The Balaban J connectivity index is 1.35. The topological polar surface area (TPSA) is 75.6 Å². The molecule has 4 aromatic rings. The van der Waals surface area contributed by atoms with E-state index in [4.69, 9.17) is 4.74 Å². The van der Waals surface area contributed by atoms with Gasteiger partial charge in [-0.15, -0.1) is 0 Å². The highest BCUT2D eigenvalue weighted by Gasteiger charge is 2.18. The van der Waals surface area contributed by atoms with E-state index < -0.39 is 5.97 Å². The Labute approximate surface area is 217 Å². The number of anilines is 1. The number of rotatable bonds is 11. The molecule has 37 heavy (non-hydrogen) atoms. The second kappa shape index (κ2) is 12.5. The number of nitrogens with one attached hydrogen (secondary N) is 1. The fourth-order valence-corrected chi connectivity index (χ4v) is 4.24. The van der Waals surface area contributed by atoms with Gasteiger partial charge in [-0.3, -0.25) is 4.79 Å². The molecule has 1 amide bonds. The van der Waals surface area contributed by atoms with Crippen LogP contribution in [0, 0.1) is 0 Å². The van der Waals surface area contributed by atoms with Gasteiger partial charge in [0.1, 0.15) is 5.75 Å². The molecule has 0 heterocycles. The monoisotopic (exact) mass is 493 g/mol. The van der Waals surface area contributed by atoms with Gasteiger partial charge in [-0.2, -0.15) is 0 Å². The fourth-order valence-electron chi connectivity index (χ4n) is 4.24. The molecule has 0 aliphatic heterocycles. The van der Waals surface area contributed by atoms with Gasteiger partial charge in [0.25, 0.3) is 0 Å². The molecule has 0 aliphatic carbocycles. The molecule has 0 aromatic heterocycles. The maximum absolute atomic E-state index is 13.1. The maximum atomic E-state index is 13.1. The number of carboxylic acids is 1. The summed E-state index contributed by atoms with van der Waals surface area (Å²) in [5.41, 5.74) is 4.69. The molecule has 188 valence electrons. The number of carboxylic acid groups (broad SMARTS) is 1. The zero-order valence-electron chi connectivity index (χ0n) is 20.9. The molecule has 4 aromatic carbocycles. The molecule has 0 saturated carbocycles. The van der Waals surface area contributed by atoms with E-state index in [1.807, 2.05) is 79.7 Å². The minimum Gasteiger partial charge on any atom is -0.494 e. The number of hydrogen-bond acceptors (Lipinski definition) is 3. The molecular formula is C32H31NO4. The third-order valence-electron chi connectivity index (χ3n) is 6.40. The van der Waals surface area contributed by atoms with E-state index in [0.29, 0.717) is 24.3 Å². The zero-order chi connectivity index (χ0) is 26.0. The first-order valence-corrected chi connectivity index (χ1v) is 12.5. The predicted octanol–water partition coefficient (Wildman–Crippen LogP) is 6.73. The molecule has 0 aliphatic rings. The average molecular weight is 494 g/mol. The Hall–Kier alpha value is -4.38. The van der Waals surface area contributed by atoms with Crippen LogP contribution in [-0.4, -0.2) is 23.6 Å². The third kappa shape index (κ3) is 7.07. The van der Waals surface area contributed by atoms with Crippen molar-refractivity contribution < 1.29 is 19.4 Å². The van der Waals surface area contributed by atoms with E-state index in [0.717, 1.165) is 29.7 Å². The molecule has 5 heteroatoms. The highest BCUT2D eigenvalue weighted by molar-refractivity contribution is 5.96. The Morgan fingerprint density at radius 1 is 0.811 bits per heavy atom. The Bertz CT molecular complexity index is 1330. The van der Waals surface area contributed by atoms with E-state index >= 15 is 0 Å². The Morgan fingerprint density at radius 2 is 1.46 bits per heavy atom. The molecule has 5 nitrogen and oxygen atoms in total. The molecule has 0 fully saturated rings. The second-order valence-electron chi connectivity index (χ2n) is 9.01. The largest absolute Gasteiger partial charge is 0.494 e. The van der Waals surface area contributed by atoms with Crippen LogP contribution in [0.15, 0.2) is 103 Å². The summed E-state index contributed by atoms with van der Waals surface area (Å²) in [7, 11) is 0. The Morgan fingerprint density at radius 3 is 2.19 bits per heavy atom. The van der Waals surface area contributed by atoms with Crippen LogP contribution < -0.4 is 10.1 Å². The average Bonchev–Trinajstić information content (AvgIpc) is 2.93. The number of ether oxygens (including phenoxy) is 1. The van der Waals surface area contributed by atoms with E-state index in [-0.39, 0.29) is 17.4 Å². The van der Waals surface area contributed by atoms with Crippen molar-refractivity contribution in [2.45, 2.75) is 32.1 Å². The summed E-state index contributed by atoms with van der Waals surface area (Å²) in [6.07, 6.45) is 2.31. The van der Waals surface area contributed by atoms with Crippen LogP contribution in [0.3, 0.4) is 0 Å². The molecule has 0 spiro atoms. The number of carbonyl (C=O) groups is 2. The van der Waals surface area contributed by atoms with Crippen molar-refractivity contribution in [3.8, 4) is 5.75 Å². The summed E-state index contributed by atoms with van der Waals surface area (Å²) in [6, 6.07) is 32.4. The summed E-state index contributed by atoms with van der Waals surface area (Å²) in [4.78, 5) is 24.7. The first kappa shape index (κ1) is 25.7. The Kier molecular flexibility index (Phi) is 8.71. The van der Waals surface area contributed by atoms with Gasteiger partial charge in [-0.25, -0.2) is 4.79 Å². The van der Waals surface area contributed by atoms with Crippen LogP contribution in [0.5, 0.6) is 5.75 Å². The quantitative estimate of drug-likeness (QED) is 0.227. The minimum atomic E-state index is -0.964. The fraction of sp³-hybridized carbons (Fsp3) is 0.188. The lowest BCUT2D eigenvalue weighted by Crippen LogP contribution is -2.20. The van der Waals surface area contributed by atoms with Gasteiger partial charge < -0.3 is 15.2 Å². The molecule has 0 radical (unpaired) electrons. The van der Waals surface area contributed by atoms with Gasteiger partial charge in [0, 0.05) is 12.1 Å². The normalized spacial score (nSPS) is 11.5. The molecule has 1 atom stereocenters. The van der Waals surface area contributed by atoms with Crippen molar-refractivity contribution in [1.82, 2.24) is 0 Å². The van der Waals surface area contributed by atoms with Crippen LogP contribution in [0.25, 0.3) is 0 Å². The van der Waals surface area contributed by atoms with Crippen LogP contribution in [0.4, 0.5) is 5.69 Å². The third-order valence-corrected chi connectivity index (χ3v) is 6.40. The number of carbonyl (C=O) groups excluding carboxylic acids is 1. The number of amides is 1. The van der Waals surface area contributed by atoms with Gasteiger partial charge in [0.15, 0.2) is 0 Å². The van der Waals surface area contributed by atoms with Crippen LogP contribution in [-0.2, 0) is 17.6 Å². The smallest absolute Gasteiger partial charge is 0.335 e. The van der Waals surface area contributed by atoms with E-state index in [2.05, 4.69) is 17.4 Å². The molecule has 2 N–H and O–H groups in total. The van der Waals surface area contributed by atoms with Crippen LogP contribution in [0.1, 0.15) is 51.9 Å². The molecule has 0 saturated heterocycles. The SMILES string of the molecule is CC(C(=O)Nc1ccccc1Cc1ccccc1C(=O)O)c1ccc(OCCCc2ccccc2)cc1. The van der Waals surface area contributed by atoms with Gasteiger partial charge in [0.2, 0.25) is 5.91 Å². The highest BCUT2D eigenvalue weighted by atomic mass is 16.5. The molecule has 0 bridgehead atoms. The number of para-hydroxylation sites is 1. The summed E-state index contributed by atoms with van der Waals surface area (Å²) >= 11 is 0. The highest BCUT2D eigenvalue weighted by Crippen LogP contribution is 2.25.